The van der Waals surface area contributed by atoms with Crippen LogP contribution in [0.1, 0.15) is 48.9 Å². The number of benzene rings is 1. The van der Waals surface area contributed by atoms with Crippen LogP contribution in [0.4, 0.5) is 0 Å². The second-order valence-electron chi connectivity index (χ2n) is 7.87. The summed E-state index contributed by atoms with van der Waals surface area (Å²) in [5.41, 5.74) is 0.270. The van der Waals surface area contributed by atoms with Gasteiger partial charge >= 0.3 is 5.97 Å². The van der Waals surface area contributed by atoms with Crippen molar-refractivity contribution in [3.63, 3.8) is 0 Å². The van der Waals surface area contributed by atoms with Crippen molar-refractivity contribution >= 4 is 11.9 Å². The first-order valence-corrected chi connectivity index (χ1v) is 8.78. The molecule has 0 heterocycles. The molecule has 4 bridgehead atoms. The molecule has 24 heavy (non-hydrogen) atoms. The van der Waals surface area contributed by atoms with Gasteiger partial charge < -0.3 is 15.2 Å². The molecule has 4 aliphatic carbocycles. The van der Waals surface area contributed by atoms with Crippen molar-refractivity contribution in [2.45, 2.75) is 44.1 Å². The number of aromatic hydroxyl groups is 1. The summed E-state index contributed by atoms with van der Waals surface area (Å²) >= 11 is 0. The Morgan fingerprint density at radius 2 is 1.58 bits per heavy atom. The van der Waals surface area contributed by atoms with Gasteiger partial charge in [0.2, 0.25) is 0 Å². The van der Waals surface area contributed by atoms with E-state index in [9.17, 15) is 14.7 Å². The zero-order valence-corrected chi connectivity index (χ0v) is 13.7. The van der Waals surface area contributed by atoms with Crippen LogP contribution in [0.2, 0.25) is 0 Å². The molecule has 1 aromatic carbocycles. The van der Waals surface area contributed by atoms with Crippen LogP contribution in [-0.4, -0.2) is 29.1 Å². The molecule has 0 radical (unpaired) electrons. The lowest BCUT2D eigenvalue weighted by Gasteiger charge is -2.56. The average Bonchev–Trinajstić information content (AvgIpc) is 2.51. The molecule has 2 N–H and O–H groups in total. The van der Waals surface area contributed by atoms with Crippen molar-refractivity contribution in [3.8, 4) is 5.75 Å². The van der Waals surface area contributed by atoms with E-state index < -0.39 is 5.97 Å². The molecule has 4 saturated carbocycles. The number of phenolic OH excluding ortho intramolecular Hbond substituents is 1. The van der Waals surface area contributed by atoms with Gasteiger partial charge in [0.15, 0.2) is 6.61 Å². The molecule has 0 saturated heterocycles. The largest absolute Gasteiger partial charge is 0.508 e. The number of carbonyl (C=O) groups excluding carboxylic acids is 2. The number of esters is 1. The maximum Gasteiger partial charge on any atom is 0.338 e. The fourth-order valence-corrected chi connectivity index (χ4v) is 5.41. The highest BCUT2D eigenvalue weighted by Gasteiger charge is 2.51. The quantitative estimate of drug-likeness (QED) is 0.833. The third kappa shape index (κ3) is 2.99. The summed E-state index contributed by atoms with van der Waals surface area (Å²) in [4.78, 5) is 24.2. The van der Waals surface area contributed by atoms with Crippen LogP contribution in [0.3, 0.4) is 0 Å². The van der Waals surface area contributed by atoms with Gasteiger partial charge in [0, 0.05) is 5.54 Å². The molecular weight excluding hydrogens is 306 g/mol. The SMILES string of the molecule is O=C(COC(=O)c1ccc(O)cc1)NC12CC3CC(CC(C3)C1)C2. The lowest BCUT2D eigenvalue weighted by molar-refractivity contribution is -0.130. The van der Waals surface area contributed by atoms with Gasteiger partial charge in [-0.25, -0.2) is 4.79 Å². The van der Waals surface area contributed by atoms with Crippen LogP contribution >= 0.6 is 0 Å². The number of hydrogen-bond donors (Lipinski definition) is 2. The highest BCUT2D eigenvalue weighted by Crippen LogP contribution is 2.55. The predicted octanol–water partition coefficient (Wildman–Crippen LogP) is 2.63. The Kier molecular flexibility index (Phi) is 3.74. The molecular formula is C19H23NO4. The number of nitrogens with one attached hydrogen (secondary N) is 1. The summed E-state index contributed by atoms with van der Waals surface area (Å²) in [6.45, 7) is -0.249. The van der Waals surface area contributed by atoms with E-state index in [1.807, 2.05) is 0 Å². The highest BCUT2D eigenvalue weighted by atomic mass is 16.5. The van der Waals surface area contributed by atoms with Crippen molar-refractivity contribution < 1.29 is 19.4 Å². The summed E-state index contributed by atoms with van der Waals surface area (Å²) < 4.78 is 5.11. The number of phenols is 1. The van der Waals surface area contributed by atoms with Crippen molar-refractivity contribution in [3.05, 3.63) is 29.8 Å². The summed E-state index contributed by atoms with van der Waals surface area (Å²) in [5, 5.41) is 12.4. The number of rotatable bonds is 4. The van der Waals surface area contributed by atoms with E-state index in [1.165, 1.54) is 43.5 Å². The van der Waals surface area contributed by atoms with Crippen molar-refractivity contribution in [1.29, 1.82) is 0 Å². The summed E-state index contributed by atoms with van der Waals surface area (Å²) in [7, 11) is 0. The zero-order chi connectivity index (χ0) is 16.7. The second-order valence-corrected chi connectivity index (χ2v) is 7.87. The number of amides is 1. The summed E-state index contributed by atoms with van der Waals surface area (Å²) in [5.74, 6) is 1.62. The Labute approximate surface area is 141 Å². The fourth-order valence-electron chi connectivity index (χ4n) is 5.41. The first kappa shape index (κ1) is 15.5. The topological polar surface area (TPSA) is 75.6 Å². The van der Waals surface area contributed by atoms with E-state index in [0.29, 0.717) is 5.56 Å². The minimum absolute atomic E-state index is 0.0588. The molecule has 4 aliphatic rings. The Balaban J connectivity index is 1.32. The molecule has 5 nitrogen and oxygen atoms in total. The fraction of sp³-hybridized carbons (Fsp3) is 0.579. The lowest BCUT2D eigenvalue weighted by Crippen LogP contribution is -2.60. The molecule has 0 aromatic heterocycles. The molecule has 5 heteroatoms. The van der Waals surface area contributed by atoms with Crippen LogP contribution in [-0.2, 0) is 9.53 Å². The van der Waals surface area contributed by atoms with Gasteiger partial charge in [-0.2, -0.15) is 0 Å². The van der Waals surface area contributed by atoms with Gasteiger partial charge in [-0.05, 0) is 80.5 Å². The standard InChI is InChI=1S/C19H23NO4/c21-16-3-1-15(2-4-16)18(23)24-11-17(22)20-19-8-12-5-13(9-19)7-14(6-12)10-19/h1-4,12-14,21H,5-11H2,(H,20,22). The van der Waals surface area contributed by atoms with E-state index in [-0.39, 0.29) is 23.8 Å². The maximum absolute atomic E-state index is 12.3. The number of hydrogen-bond acceptors (Lipinski definition) is 4. The van der Waals surface area contributed by atoms with Crippen LogP contribution in [0.25, 0.3) is 0 Å². The lowest BCUT2D eigenvalue weighted by atomic mass is 9.53. The van der Waals surface area contributed by atoms with Gasteiger partial charge in [-0.15, -0.1) is 0 Å². The summed E-state index contributed by atoms with van der Waals surface area (Å²) in [6, 6.07) is 5.81. The van der Waals surface area contributed by atoms with Gasteiger partial charge in [0.1, 0.15) is 5.75 Å². The smallest absolute Gasteiger partial charge is 0.338 e. The minimum Gasteiger partial charge on any atom is -0.508 e. The van der Waals surface area contributed by atoms with Crippen molar-refractivity contribution in [1.82, 2.24) is 5.32 Å². The Bertz CT molecular complexity index is 617. The van der Waals surface area contributed by atoms with E-state index >= 15 is 0 Å². The minimum atomic E-state index is -0.546. The molecule has 0 unspecified atom stereocenters. The Hall–Kier alpha value is -2.04. The second kappa shape index (κ2) is 5.80. The van der Waals surface area contributed by atoms with Gasteiger partial charge in [0.25, 0.3) is 5.91 Å². The van der Waals surface area contributed by atoms with E-state index in [4.69, 9.17) is 4.74 Å². The molecule has 0 spiro atoms. The molecule has 5 rings (SSSR count). The Morgan fingerprint density at radius 3 is 2.12 bits per heavy atom. The zero-order valence-electron chi connectivity index (χ0n) is 13.7. The maximum atomic E-state index is 12.3. The molecule has 128 valence electrons. The van der Waals surface area contributed by atoms with Crippen LogP contribution < -0.4 is 5.32 Å². The first-order valence-electron chi connectivity index (χ1n) is 8.78. The van der Waals surface area contributed by atoms with Gasteiger partial charge in [-0.3, -0.25) is 4.79 Å². The number of ether oxygens (including phenoxy) is 1. The third-order valence-electron chi connectivity index (χ3n) is 5.88. The van der Waals surface area contributed by atoms with Crippen molar-refractivity contribution in [2.75, 3.05) is 6.61 Å². The third-order valence-corrected chi connectivity index (χ3v) is 5.88. The predicted molar refractivity (Wildman–Crippen MR) is 87.4 cm³/mol. The first-order chi connectivity index (χ1) is 11.5. The molecule has 1 aromatic rings. The summed E-state index contributed by atoms with van der Waals surface area (Å²) in [6.07, 6.45) is 7.21. The number of carbonyl (C=O) groups is 2. The molecule has 0 atom stereocenters. The van der Waals surface area contributed by atoms with Gasteiger partial charge in [0.05, 0.1) is 5.56 Å². The molecule has 1 amide bonds. The normalized spacial score (nSPS) is 33.2. The highest BCUT2D eigenvalue weighted by molar-refractivity contribution is 5.91. The monoisotopic (exact) mass is 329 g/mol. The Morgan fingerprint density at radius 1 is 1.04 bits per heavy atom. The molecule has 0 aliphatic heterocycles. The average molecular weight is 329 g/mol. The van der Waals surface area contributed by atoms with Crippen LogP contribution in [0.15, 0.2) is 24.3 Å². The molecule has 4 fully saturated rings. The van der Waals surface area contributed by atoms with E-state index in [1.54, 1.807) is 0 Å². The van der Waals surface area contributed by atoms with Crippen LogP contribution in [0, 0.1) is 17.8 Å². The van der Waals surface area contributed by atoms with E-state index in [0.717, 1.165) is 37.0 Å². The van der Waals surface area contributed by atoms with Gasteiger partial charge in [-0.1, -0.05) is 0 Å². The van der Waals surface area contributed by atoms with Crippen molar-refractivity contribution in [2.24, 2.45) is 17.8 Å². The van der Waals surface area contributed by atoms with E-state index in [2.05, 4.69) is 5.32 Å². The van der Waals surface area contributed by atoms with Crippen LogP contribution in [0.5, 0.6) is 5.75 Å².